The Morgan fingerprint density at radius 2 is 1.40 bits per heavy atom. The van der Waals surface area contributed by atoms with Crippen molar-refractivity contribution in [1.82, 2.24) is 14.5 Å². The van der Waals surface area contributed by atoms with Gasteiger partial charge >= 0.3 is 0 Å². The van der Waals surface area contributed by atoms with Crippen LogP contribution in [0.25, 0.3) is 72.7 Å². The Labute approximate surface area is 319 Å². The second-order valence-electron chi connectivity index (χ2n) is 13.9. The van der Waals surface area contributed by atoms with E-state index in [9.17, 15) is 6.48 Å². The number of rotatable bonds is 6. The number of aromatic nitrogens is 3. The van der Waals surface area contributed by atoms with Crippen LogP contribution in [0.1, 0.15) is 51.2 Å². The summed E-state index contributed by atoms with van der Waals surface area (Å²) in [6.07, 6.45) is -0.563. The minimum atomic E-state index is -2.95. The lowest BCUT2D eigenvalue weighted by molar-refractivity contribution is 0.477. The van der Waals surface area contributed by atoms with Gasteiger partial charge in [-0.05, 0) is 113 Å². The Morgan fingerprint density at radius 3 is 2.17 bits per heavy atom. The zero-order chi connectivity index (χ0) is 44.6. The highest BCUT2D eigenvalue weighted by Gasteiger charge is 2.22. The van der Waals surface area contributed by atoms with Crippen LogP contribution in [-0.4, -0.2) is 19.6 Å². The fraction of sp³-hybridized carbons (Fsp3) is 0.125. The minimum Gasteiger partial charge on any atom is -0.507 e. The normalized spacial score (nSPS) is 14.6. The van der Waals surface area contributed by atoms with E-state index in [0.717, 1.165) is 39.0 Å². The molecule has 0 fully saturated rings. The Balaban J connectivity index is 1.39. The first-order valence-corrected chi connectivity index (χ1v) is 17.0. The van der Waals surface area contributed by atoms with Gasteiger partial charge in [-0.1, -0.05) is 117 Å². The number of aromatic hydroxyl groups is 1. The van der Waals surface area contributed by atoms with Crippen LogP contribution in [-0.2, 0) is 5.41 Å². The van der Waals surface area contributed by atoms with Crippen LogP contribution in [0.2, 0.25) is 0 Å². The highest BCUT2D eigenvalue weighted by molar-refractivity contribution is 5.97. The number of benzene rings is 6. The highest BCUT2D eigenvalue weighted by atomic mass is 16.3. The van der Waals surface area contributed by atoms with Crippen LogP contribution in [0.5, 0.6) is 5.75 Å². The Morgan fingerprint density at radius 1 is 0.654 bits per heavy atom. The Hall–Kier alpha value is -6.26. The largest absolute Gasteiger partial charge is 0.507 e. The summed E-state index contributed by atoms with van der Waals surface area (Å²) in [5.74, 6) is 0.568. The molecule has 8 aromatic rings. The van der Waals surface area contributed by atoms with Crippen LogP contribution in [0.4, 0.5) is 0 Å². The highest BCUT2D eigenvalue weighted by Crippen LogP contribution is 2.40. The van der Waals surface area contributed by atoms with Crippen molar-refractivity contribution < 1.29 is 18.8 Å². The third-order valence-electron chi connectivity index (χ3n) is 9.11. The van der Waals surface area contributed by atoms with Crippen molar-refractivity contribution in [2.45, 2.75) is 40.0 Å². The first kappa shape index (κ1) is 23.3. The van der Waals surface area contributed by atoms with Gasteiger partial charge in [0.15, 0.2) is 0 Å². The maximum atomic E-state index is 11.2. The SMILES string of the molecule is [2H]c1nc(-c2cc(-c3cccc4c3nc(-c3ccccc3O)n4-c3cc(C)cc(-c4ccccc4)c3)cc(C(C)(C)C)c2)c([2H])c(-c2c([2H])c([2H])c(C([2H])([2H])[2H])c([2H])c2[2H])c1[2H]. The number of aryl methyl sites for hydroxylation is 1. The van der Waals surface area contributed by atoms with Gasteiger partial charge in [0.05, 0.1) is 31.9 Å². The summed E-state index contributed by atoms with van der Waals surface area (Å²) < 4.78 is 87.2. The number of hydrogen-bond donors (Lipinski definition) is 1. The summed E-state index contributed by atoms with van der Waals surface area (Å²) in [7, 11) is 0. The van der Waals surface area contributed by atoms with Gasteiger partial charge in [0, 0.05) is 27.1 Å². The van der Waals surface area contributed by atoms with Crippen molar-refractivity contribution in [2.24, 2.45) is 0 Å². The average Bonchev–Trinajstić information content (AvgIpc) is 3.61. The summed E-state index contributed by atoms with van der Waals surface area (Å²) in [5.41, 5.74) is 6.38. The maximum absolute atomic E-state index is 11.2. The van der Waals surface area contributed by atoms with Gasteiger partial charge in [0.2, 0.25) is 0 Å². The maximum Gasteiger partial charge on any atom is 0.149 e. The fourth-order valence-corrected chi connectivity index (χ4v) is 6.50. The molecule has 0 saturated carbocycles. The molecule has 4 nitrogen and oxygen atoms in total. The second kappa shape index (κ2) is 13.1. The topological polar surface area (TPSA) is 50.9 Å². The molecule has 0 radical (unpaired) electrons. The molecule has 254 valence electrons. The number of phenols is 1. The summed E-state index contributed by atoms with van der Waals surface area (Å²) >= 11 is 0. The zero-order valence-electron chi connectivity index (χ0n) is 39.2. The number of phenolic OH excluding ortho intramolecular Hbond substituents is 1. The number of para-hydroxylation sites is 2. The van der Waals surface area contributed by atoms with E-state index in [-0.39, 0.29) is 17.0 Å². The van der Waals surface area contributed by atoms with Crippen molar-refractivity contribution in [3.8, 4) is 67.5 Å². The zero-order valence-corrected chi connectivity index (χ0v) is 29.2. The van der Waals surface area contributed by atoms with E-state index < -0.39 is 65.8 Å². The first-order valence-electron chi connectivity index (χ1n) is 22.0. The molecule has 0 unspecified atom stereocenters. The van der Waals surface area contributed by atoms with Gasteiger partial charge in [-0.15, -0.1) is 0 Å². The van der Waals surface area contributed by atoms with E-state index in [4.69, 9.17) is 17.3 Å². The predicted octanol–water partition coefficient (Wildman–Crippen LogP) is 12.4. The van der Waals surface area contributed by atoms with Crippen molar-refractivity contribution in [3.63, 3.8) is 0 Å². The molecule has 0 aliphatic rings. The molecular weight excluding hydrogens is 635 g/mol. The molecule has 0 amide bonds. The molecule has 0 saturated heterocycles. The third kappa shape index (κ3) is 6.29. The molecule has 2 aromatic heterocycles. The monoisotopic (exact) mass is 685 g/mol. The first-order chi connectivity index (χ1) is 29.3. The van der Waals surface area contributed by atoms with E-state index in [1.807, 2.05) is 99.0 Å². The number of pyridine rings is 1. The van der Waals surface area contributed by atoms with Crippen molar-refractivity contribution in [2.75, 3.05) is 0 Å². The predicted molar refractivity (Wildman–Crippen MR) is 216 cm³/mol. The van der Waals surface area contributed by atoms with Gasteiger partial charge in [0.1, 0.15) is 11.6 Å². The number of fused-ring (bicyclic) bond motifs is 1. The van der Waals surface area contributed by atoms with Crippen LogP contribution in [0.15, 0.2) is 152 Å². The lowest BCUT2D eigenvalue weighted by atomic mass is 9.83. The third-order valence-corrected chi connectivity index (χ3v) is 9.11. The molecule has 8 rings (SSSR count). The second-order valence-corrected chi connectivity index (χ2v) is 13.9. The molecule has 0 spiro atoms. The molecular formula is C48H41N3O. The van der Waals surface area contributed by atoms with E-state index in [1.54, 1.807) is 12.1 Å². The van der Waals surface area contributed by atoms with Crippen molar-refractivity contribution >= 4 is 11.0 Å². The van der Waals surface area contributed by atoms with Gasteiger partial charge in [0.25, 0.3) is 0 Å². The molecule has 4 heteroatoms. The Bertz CT molecular complexity index is 3070. The summed E-state index contributed by atoms with van der Waals surface area (Å²) in [4.78, 5) is 9.65. The van der Waals surface area contributed by atoms with Crippen LogP contribution in [0.3, 0.4) is 0 Å². The number of hydrogen-bond acceptors (Lipinski definition) is 3. The van der Waals surface area contributed by atoms with E-state index in [1.165, 1.54) is 0 Å². The molecule has 0 aliphatic carbocycles. The lowest BCUT2D eigenvalue weighted by Crippen LogP contribution is -2.11. The van der Waals surface area contributed by atoms with Crippen LogP contribution < -0.4 is 0 Å². The fourth-order valence-electron chi connectivity index (χ4n) is 6.50. The van der Waals surface area contributed by atoms with Gasteiger partial charge in [-0.2, -0.15) is 0 Å². The van der Waals surface area contributed by atoms with E-state index in [0.29, 0.717) is 28.0 Å². The van der Waals surface area contributed by atoms with Gasteiger partial charge in [-0.25, -0.2) is 4.98 Å². The summed E-state index contributed by atoms with van der Waals surface area (Å²) in [5, 5.41) is 11.2. The summed E-state index contributed by atoms with van der Waals surface area (Å²) in [6, 6.07) is 30.8. The van der Waals surface area contributed by atoms with Crippen LogP contribution >= 0.6 is 0 Å². The standard InChI is InChI=1S/C48H41N3O/c1-31-18-20-34(21-19-31)35-22-23-49-43(30-35)38-26-37(27-39(28-38)48(3,4)5)41-15-11-16-44-46(41)50-47(42-14-9-10-17-45(42)52)51(44)40-25-32(2)24-36(29-40)33-12-7-6-8-13-33/h6-30,52H,1-5H3/i1D3,18D,19D,20D,21D,22D,23D,30D. The molecule has 0 atom stereocenters. The molecule has 1 N–H and O–H groups in total. The summed E-state index contributed by atoms with van der Waals surface area (Å²) in [6.45, 7) is 5.18. The molecule has 6 aromatic carbocycles. The molecule has 0 bridgehead atoms. The number of nitrogens with zero attached hydrogens (tertiary/aromatic N) is 3. The smallest absolute Gasteiger partial charge is 0.149 e. The van der Waals surface area contributed by atoms with Crippen molar-refractivity contribution in [1.29, 1.82) is 0 Å². The van der Waals surface area contributed by atoms with E-state index >= 15 is 0 Å². The van der Waals surface area contributed by atoms with Gasteiger partial charge in [-0.3, -0.25) is 9.55 Å². The van der Waals surface area contributed by atoms with Crippen LogP contribution in [0, 0.1) is 13.8 Å². The molecule has 52 heavy (non-hydrogen) atoms. The lowest BCUT2D eigenvalue weighted by Gasteiger charge is -2.22. The minimum absolute atomic E-state index is 0.0362. The van der Waals surface area contributed by atoms with E-state index in [2.05, 4.69) is 35.3 Å². The quantitative estimate of drug-likeness (QED) is 0.190. The Kier molecular flexibility index (Phi) is 5.87. The molecule has 0 aliphatic heterocycles. The molecule has 2 heterocycles. The van der Waals surface area contributed by atoms with Crippen molar-refractivity contribution in [3.05, 3.63) is 168 Å². The van der Waals surface area contributed by atoms with Gasteiger partial charge < -0.3 is 5.11 Å². The average molecular weight is 686 g/mol. The number of imidazole rings is 1.